The second kappa shape index (κ2) is 9.54. The minimum absolute atomic E-state index is 0. The molecule has 0 saturated heterocycles. The molecule has 10 heavy (non-hydrogen) atoms. The monoisotopic (exact) mass is 213 g/mol. The van der Waals surface area contributed by atoms with Crippen LogP contribution in [0.1, 0.15) is 26.2 Å². The predicted molar refractivity (Wildman–Crippen MR) is 33.1 cm³/mol. The van der Waals surface area contributed by atoms with Gasteiger partial charge in [0.05, 0.1) is 0 Å². The van der Waals surface area contributed by atoms with Gasteiger partial charge in [-0.2, -0.15) is 0 Å². The van der Waals surface area contributed by atoms with Gasteiger partial charge in [-0.25, -0.2) is 0 Å². The van der Waals surface area contributed by atoms with Crippen LogP contribution in [0.3, 0.4) is 0 Å². The van der Waals surface area contributed by atoms with Crippen molar-refractivity contribution in [1.29, 1.82) is 0 Å². The van der Waals surface area contributed by atoms with Crippen LogP contribution in [0, 0.1) is 0 Å². The van der Waals surface area contributed by atoms with Gasteiger partial charge in [-0.1, -0.05) is 19.8 Å². The van der Waals surface area contributed by atoms with Gasteiger partial charge in [0.25, 0.3) is 0 Å². The van der Waals surface area contributed by atoms with Crippen molar-refractivity contribution in [2.45, 2.75) is 26.2 Å². The van der Waals surface area contributed by atoms with Crippen LogP contribution < -0.4 is 4.89 Å². The number of hydrogen-bond acceptors (Lipinski definition) is 3. The number of unbranched alkanes of at least 4 members (excludes halogenated alkanes) is 2. The summed E-state index contributed by atoms with van der Waals surface area (Å²) in [6.07, 6.45) is 2.95. The molecule has 64 valence electrons. The molecule has 0 aromatic carbocycles. The summed E-state index contributed by atoms with van der Waals surface area (Å²) in [5, 5.41) is 0. The van der Waals surface area contributed by atoms with Gasteiger partial charge in [-0.3, -0.25) is 0 Å². The molecule has 0 saturated carbocycles. The molecule has 0 rings (SSSR count). The molecule has 0 aromatic heterocycles. The fraction of sp³-hybridized carbons (Fsp3) is 1.00. The molecule has 1 unspecified atom stereocenters. The number of hydrogen-bond donors (Lipinski definition) is 0. The fourth-order valence-electron chi connectivity index (χ4n) is 0.491. The van der Waals surface area contributed by atoms with Crippen molar-refractivity contribution in [3.05, 3.63) is 0 Å². The third-order valence-electron chi connectivity index (χ3n) is 0.945. The van der Waals surface area contributed by atoms with Gasteiger partial charge in [0.15, 0.2) is 0 Å². The van der Waals surface area contributed by atoms with Crippen LogP contribution in [-0.4, -0.2) is 6.61 Å². The number of rotatable bonds is 5. The van der Waals surface area contributed by atoms with E-state index in [-0.39, 0.29) is 17.1 Å². The zero-order chi connectivity index (χ0) is 7.11. The Labute approximate surface area is 72.6 Å². The van der Waals surface area contributed by atoms with Crippen LogP contribution >= 0.6 is 8.25 Å². The van der Waals surface area contributed by atoms with Gasteiger partial charge in [0.1, 0.15) is 6.61 Å². The zero-order valence-corrected chi connectivity index (χ0v) is 7.64. The topological polar surface area (TPSA) is 49.4 Å². The van der Waals surface area contributed by atoms with Crippen molar-refractivity contribution in [2.75, 3.05) is 6.61 Å². The summed E-state index contributed by atoms with van der Waals surface area (Å²) in [7, 11) is -2.62. The summed E-state index contributed by atoms with van der Waals surface area (Å²) in [5.41, 5.74) is 0. The molecule has 0 bridgehead atoms. The minimum Gasteiger partial charge on any atom is -0.566 e. The Hall–Kier alpha value is 0.539. The van der Waals surface area contributed by atoms with Crippen molar-refractivity contribution < 1.29 is 31.1 Å². The Kier molecular flexibility index (Phi) is 12.5. The van der Waals surface area contributed by atoms with Crippen molar-refractivity contribution >= 4 is 8.25 Å². The van der Waals surface area contributed by atoms with Gasteiger partial charge >= 0.3 is 25.3 Å². The van der Waals surface area contributed by atoms with E-state index in [0.29, 0.717) is 6.61 Å². The van der Waals surface area contributed by atoms with E-state index in [0.717, 1.165) is 19.3 Å². The van der Waals surface area contributed by atoms with Crippen LogP contribution in [0.25, 0.3) is 0 Å². The first-order valence-electron chi connectivity index (χ1n) is 3.04. The average Bonchev–Trinajstić information content (AvgIpc) is 1.80. The van der Waals surface area contributed by atoms with E-state index < -0.39 is 8.25 Å². The molecule has 0 heterocycles. The van der Waals surface area contributed by atoms with E-state index in [9.17, 15) is 9.46 Å². The molecular formula is C5H11CuO3P+. The van der Waals surface area contributed by atoms with E-state index in [4.69, 9.17) is 0 Å². The summed E-state index contributed by atoms with van der Waals surface area (Å²) >= 11 is 0. The Morgan fingerprint density at radius 1 is 1.50 bits per heavy atom. The Bertz CT molecular complexity index is 89.0. The quantitative estimate of drug-likeness (QED) is 0.392. The smallest absolute Gasteiger partial charge is 0.566 e. The largest absolute Gasteiger partial charge is 1.00 e. The second-order valence-electron chi connectivity index (χ2n) is 1.76. The summed E-state index contributed by atoms with van der Waals surface area (Å²) in [6, 6.07) is 0. The molecule has 0 spiro atoms. The average molecular weight is 214 g/mol. The standard InChI is InChI=1S/C5H11O3P.Cu/c1-2-3-4-5-8-9(6)7;/h2-5H2,1H3;/q;+1. The normalized spacial score (nSPS) is 10.4. The summed E-state index contributed by atoms with van der Waals surface area (Å²) in [4.78, 5) is 9.78. The van der Waals surface area contributed by atoms with Gasteiger partial charge < -0.3 is 4.89 Å². The molecule has 0 aliphatic carbocycles. The van der Waals surface area contributed by atoms with Gasteiger partial charge in [0, 0.05) is 0 Å². The van der Waals surface area contributed by atoms with E-state index in [1.165, 1.54) is 0 Å². The molecule has 0 aliphatic rings. The van der Waals surface area contributed by atoms with Crippen molar-refractivity contribution in [3.8, 4) is 0 Å². The summed E-state index contributed by atoms with van der Waals surface area (Å²) < 4.78 is 14.1. The molecule has 3 nitrogen and oxygen atoms in total. The molecule has 0 aromatic rings. The molecule has 0 N–H and O–H groups in total. The van der Waals surface area contributed by atoms with Crippen molar-refractivity contribution in [2.24, 2.45) is 0 Å². The van der Waals surface area contributed by atoms with E-state index >= 15 is 0 Å². The predicted octanol–water partition coefficient (Wildman–Crippen LogP) is 1.21. The minimum atomic E-state index is -2.62. The van der Waals surface area contributed by atoms with Crippen LogP contribution in [0.15, 0.2) is 0 Å². The van der Waals surface area contributed by atoms with Crippen LogP contribution in [0.2, 0.25) is 0 Å². The zero-order valence-electron chi connectivity index (χ0n) is 5.80. The molecular weight excluding hydrogens is 203 g/mol. The molecule has 0 aliphatic heterocycles. The maximum atomic E-state index is 9.78. The molecule has 1 atom stereocenters. The third-order valence-corrected chi connectivity index (χ3v) is 1.34. The molecule has 0 fully saturated rings. The van der Waals surface area contributed by atoms with Crippen LogP contribution in [0.4, 0.5) is 0 Å². The maximum Gasteiger partial charge on any atom is 1.00 e. The first-order valence-corrected chi connectivity index (χ1v) is 4.14. The molecule has 0 amide bonds. The second-order valence-corrected chi connectivity index (χ2v) is 2.47. The Morgan fingerprint density at radius 3 is 2.50 bits per heavy atom. The molecule has 0 radical (unpaired) electrons. The van der Waals surface area contributed by atoms with E-state index in [1.807, 2.05) is 0 Å². The SMILES string of the molecule is CCCCCO[P+](=O)[O-].[Cu+]. The van der Waals surface area contributed by atoms with Gasteiger partial charge in [0.2, 0.25) is 0 Å². The van der Waals surface area contributed by atoms with Gasteiger partial charge in [-0.15, -0.1) is 4.52 Å². The van der Waals surface area contributed by atoms with Crippen LogP contribution in [-0.2, 0) is 26.2 Å². The summed E-state index contributed by atoms with van der Waals surface area (Å²) in [5.74, 6) is 0. The molecule has 5 heteroatoms. The summed E-state index contributed by atoms with van der Waals surface area (Å²) in [6.45, 7) is 2.39. The first kappa shape index (κ1) is 13.2. The fourth-order valence-corrected chi connectivity index (χ4v) is 0.769. The van der Waals surface area contributed by atoms with Crippen molar-refractivity contribution in [1.82, 2.24) is 0 Å². The third kappa shape index (κ3) is 11.4. The Morgan fingerprint density at radius 2 is 2.10 bits per heavy atom. The van der Waals surface area contributed by atoms with Crippen LogP contribution in [0.5, 0.6) is 0 Å². The van der Waals surface area contributed by atoms with Gasteiger partial charge in [-0.05, 0) is 11.0 Å². The Balaban J connectivity index is 0. The van der Waals surface area contributed by atoms with Crippen molar-refractivity contribution in [3.63, 3.8) is 0 Å². The van der Waals surface area contributed by atoms with E-state index in [1.54, 1.807) is 0 Å². The van der Waals surface area contributed by atoms with E-state index in [2.05, 4.69) is 11.4 Å². The first-order chi connectivity index (χ1) is 4.27. The maximum absolute atomic E-state index is 9.78.